The summed E-state index contributed by atoms with van der Waals surface area (Å²) < 4.78 is 5.24. The van der Waals surface area contributed by atoms with Crippen molar-refractivity contribution in [3.63, 3.8) is 0 Å². The highest BCUT2D eigenvalue weighted by atomic mass is 16.5. The number of aromatic nitrogens is 1. The molecule has 1 saturated heterocycles. The molecule has 0 bridgehead atoms. The van der Waals surface area contributed by atoms with Crippen molar-refractivity contribution in [2.24, 2.45) is 11.3 Å². The van der Waals surface area contributed by atoms with Crippen LogP contribution in [-0.4, -0.2) is 41.5 Å². The first-order valence-electron chi connectivity index (χ1n) is 7.38. The van der Waals surface area contributed by atoms with Gasteiger partial charge in [0.05, 0.1) is 12.0 Å². The minimum absolute atomic E-state index is 0.0516. The van der Waals surface area contributed by atoms with Crippen LogP contribution in [-0.2, 0) is 9.53 Å². The van der Waals surface area contributed by atoms with Gasteiger partial charge in [-0.2, -0.15) is 0 Å². The molecule has 1 aliphatic rings. The lowest BCUT2D eigenvalue weighted by Gasteiger charge is -2.30. The number of likely N-dealkylation sites (tertiary alicyclic amines) is 1. The summed E-state index contributed by atoms with van der Waals surface area (Å²) in [5.41, 5.74) is 0.0204. The third-order valence-electron chi connectivity index (χ3n) is 4.30. The molecule has 1 amide bonds. The Balaban J connectivity index is 2.17. The first kappa shape index (κ1) is 15.5. The number of pyridine rings is 1. The first-order valence-corrected chi connectivity index (χ1v) is 7.38. The molecule has 1 unspecified atom stereocenters. The van der Waals surface area contributed by atoms with Gasteiger partial charge in [-0.3, -0.25) is 14.6 Å². The smallest absolute Gasteiger partial charge is 0.314 e. The lowest BCUT2D eigenvalue weighted by atomic mass is 9.76. The van der Waals surface area contributed by atoms with Crippen LogP contribution in [0.5, 0.6) is 0 Å². The lowest BCUT2D eigenvalue weighted by molar-refractivity contribution is -0.157. The second kappa shape index (κ2) is 6.24. The summed E-state index contributed by atoms with van der Waals surface area (Å²) in [6.07, 6.45) is 3.86. The zero-order chi connectivity index (χ0) is 15.5. The summed E-state index contributed by atoms with van der Waals surface area (Å²) in [6, 6.07) is 3.39. The number of hydrogen-bond acceptors (Lipinski definition) is 4. The molecule has 0 aromatic carbocycles. The number of amides is 1. The van der Waals surface area contributed by atoms with Gasteiger partial charge in [-0.1, -0.05) is 13.8 Å². The van der Waals surface area contributed by atoms with Crippen molar-refractivity contribution in [2.45, 2.75) is 27.2 Å². The Morgan fingerprint density at radius 2 is 2.05 bits per heavy atom. The van der Waals surface area contributed by atoms with E-state index in [1.54, 1.807) is 36.4 Å². The molecule has 0 spiro atoms. The Morgan fingerprint density at radius 1 is 1.38 bits per heavy atom. The SMILES string of the molecule is CCOC(=O)C1(C(C)C)CCN(C(=O)c2ccncc2)C1. The van der Waals surface area contributed by atoms with Crippen LogP contribution in [0.15, 0.2) is 24.5 Å². The second-order valence-corrected chi connectivity index (χ2v) is 5.74. The van der Waals surface area contributed by atoms with Crippen LogP contribution >= 0.6 is 0 Å². The van der Waals surface area contributed by atoms with Gasteiger partial charge < -0.3 is 9.64 Å². The van der Waals surface area contributed by atoms with Crippen LogP contribution in [0.1, 0.15) is 37.6 Å². The Morgan fingerprint density at radius 3 is 2.62 bits per heavy atom. The summed E-state index contributed by atoms with van der Waals surface area (Å²) in [4.78, 5) is 30.5. The van der Waals surface area contributed by atoms with Crippen molar-refractivity contribution in [3.05, 3.63) is 30.1 Å². The van der Waals surface area contributed by atoms with Crippen LogP contribution in [0.2, 0.25) is 0 Å². The number of ether oxygens (including phenoxy) is 1. The molecule has 1 atom stereocenters. The number of rotatable bonds is 4. The Bertz CT molecular complexity index is 516. The van der Waals surface area contributed by atoms with Gasteiger partial charge in [-0.25, -0.2) is 0 Å². The molecule has 1 aromatic heterocycles. The Kier molecular flexibility index (Phi) is 4.60. The normalized spacial score (nSPS) is 21.6. The van der Waals surface area contributed by atoms with Crippen molar-refractivity contribution in [2.75, 3.05) is 19.7 Å². The highest BCUT2D eigenvalue weighted by molar-refractivity contribution is 5.95. The van der Waals surface area contributed by atoms with Crippen LogP contribution in [0, 0.1) is 11.3 Å². The zero-order valence-electron chi connectivity index (χ0n) is 12.8. The van der Waals surface area contributed by atoms with Crippen molar-refractivity contribution in [3.8, 4) is 0 Å². The Labute approximate surface area is 125 Å². The van der Waals surface area contributed by atoms with Crippen LogP contribution in [0.3, 0.4) is 0 Å². The number of carbonyl (C=O) groups excluding carboxylic acids is 2. The van der Waals surface area contributed by atoms with E-state index < -0.39 is 5.41 Å². The van der Waals surface area contributed by atoms with E-state index in [1.165, 1.54) is 0 Å². The van der Waals surface area contributed by atoms with Gasteiger partial charge in [0, 0.05) is 31.0 Å². The minimum atomic E-state index is -0.585. The Hall–Kier alpha value is -1.91. The van der Waals surface area contributed by atoms with E-state index in [0.717, 1.165) is 0 Å². The third-order valence-corrected chi connectivity index (χ3v) is 4.30. The minimum Gasteiger partial charge on any atom is -0.466 e. The van der Waals surface area contributed by atoms with Crippen LogP contribution in [0.25, 0.3) is 0 Å². The van der Waals surface area contributed by atoms with Crippen molar-refractivity contribution in [1.82, 2.24) is 9.88 Å². The summed E-state index contributed by atoms with van der Waals surface area (Å²) in [5.74, 6) is -0.110. The topological polar surface area (TPSA) is 59.5 Å². The van der Waals surface area contributed by atoms with E-state index in [9.17, 15) is 9.59 Å². The molecule has 1 fully saturated rings. The largest absolute Gasteiger partial charge is 0.466 e. The summed E-state index contributed by atoms with van der Waals surface area (Å²) >= 11 is 0. The van der Waals surface area contributed by atoms with Crippen molar-refractivity contribution in [1.29, 1.82) is 0 Å². The third kappa shape index (κ3) is 2.91. The molecular formula is C16H22N2O3. The van der Waals surface area contributed by atoms with Crippen LogP contribution in [0.4, 0.5) is 0 Å². The molecular weight excluding hydrogens is 268 g/mol. The fraction of sp³-hybridized carbons (Fsp3) is 0.562. The van der Waals surface area contributed by atoms with Crippen molar-refractivity contribution < 1.29 is 14.3 Å². The molecule has 0 radical (unpaired) electrons. The average Bonchev–Trinajstić information content (AvgIpc) is 2.94. The number of esters is 1. The molecule has 2 heterocycles. The fourth-order valence-electron chi connectivity index (χ4n) is 2.83. The van der Waals surface area contributed by atoms with Gasteiger partial charge >= 0.3 is 5.97 Å². The van der Waals surface area contributed by atoms with E-state index in [0.29, 0.717) is 31.7 Å². The highest BCUT2D eigenvalue weighted by Crippen LogP contribution is 2.39. The molecule has 0 N–H and O–H groups in total. The molecule has 1 aromatic rings. The maximum absolute atomic E-state index is 12.5. The molecule has 0 aliphatic carbocycles. The fourth-order valence-corrected chi connectivity index (χ4v) is 2.83. The number of nitrogens with zero attached hydrogens (tertiary/aromatic N) is 2. The molecule has 21 heavy (non-hydrogen) atoms. The quantitative estimate of drug-likeness (QED) is 0.797. The summed E-state index contributed by atoms with van der Waals surface area (Å²) in [7, 11) is 0. The summed E-state index contributed by atoms with van der Waals surface area (Å²) in [5, 5.41) is 0. The van der Waals surface area contributed by atoms with Gasteiger partial charge in [-0.15, -0.1) is 0 Å². The lowest BCUT2D eigenvalue weighted by Crippen LogP contribution is -2.41. The van der Waals surface area contributed by atoms with Gasteiger partial charge in [0.15, 0.2) is 0 Å². The monoisotopic (exact) mass is 290 g/mol. The highest BCUT2D eigenvalue weighted by Gasteiger charge is 2.49. The van der Waals surface area contributed by atoms with Gasteiger partial charge in [0.25, 0.3) is 5.91 Å². The van der Waals surface area contributed by atoms with E-state index >= 15 is 0 Å². The predicted molar refractivity (Wildman–Crippen MR) is 78.7 cm³/mol. The van der Waals surface area contributed by atoms with Gasteiger partial charge in [0.1, 0.15) is 0 Å². The van der Waals surface area contributed by atoms with E-state index in [2.05, 4.69) is 4.98 Å². The molecule has 2 rings (SSSR count). The molecule has 114 valence electrons. The molecule has 5 nitrogen and oxygen atoms in total. The van der Waals surface area contributed by atoms with Gasteiger partial charge in [-0.05, 0) is 31.4 Å². The van der Waals surface area contributed by atoms with Crippen LogP contribution < -0.4 is 0 Å². The van der Waals surface area contributed by atoms with Gasteiger partial charge in [0.2, 0.25) is 0 Å². The standard InChI is InChI=1S/C16H22N2O3/c1-4-21-15(20)16(12(2)3)7-10-18(11-16)14(19)13-5-8-17-9-6-13/h5-6,8-9,12H,4,7,10-11H2,1-3H3. The molecule has 5 heteroatoms. The second-order valence-electron chi connectivity index (χ2n) is 5.74. The molecule has 1 aliphatic heterocycles. The van der Waals surface area contributed by atoms with E-state index in [1.807, 2.05) is 13.8 Å². The zero-order valence-corrected chi connectivity index (χ0v) is 12.8. The number of hydrogen-bond donors (Lipinski definition) is 0. The predicted octanol–water partition coefficient (Wildman–Crippen LogP) is 2.13. The molecule has 0 saturated carbocycles. The average molecular weight is 290 g/mol. The van der Waals surface area contributed by atoms with Crippen molar-refractivity contribution >= 4 is 11.9 Å². The first-order chi connectivity index (χ1) is 10.0. The summed E-state index contributed by atoms with van der Waals surface area (Å²) in [6.45, 7) is 7.20. The maximum Gasteiger partial charge on any atom is 0.314 e. The van der Waals surface area contributed by atoms with E-state index in [4.69, 9.17) is 4.74 Å². The number of carbonyl (C=O) groups is 2. The maximum atomic E-state index is 12.5. The van der Waals surface area contributed by atoms with E-state index in [-0.39, 0.29) is 17.8 Å².